The Labute approximate surface area is 172 Å². The largest absolute Gasteiger partial charge is 0.494 e. The van der Waals surface area contributed by atoms with Gasteiger partial charge in [-0.25, -0.2) is 4.39 Å². The first-order chi connectivity index (χ1) is 13.9. The van der Waals surface area contributed by atoms with E-state index in [0.29, 0.717) is 23.1 Å². The Bertz CT molecular complexity index is 1010. The SMILES string of the molecule is COc1ccc(C)cc1-n1nnnc1S[C@H](C)C(=O)N(C)Cc1cccc(F)c1. The highest BCUT2D eigenvalue weighted by atomic mass is 32.2. The second-order valence-corrected chi connectivity index (χ2v) is 7.94. The summed E-state index contributed by atoms with van der Waals surface area (Å²) in [5.74, 6) is 0.203. The molecule has 0 radical (unpaired) electrons. The van der Waals surface area contributed by atoms with Gasteiger partial charge in [0.15, 0.2) is 0 Å². The van der Waals surface area contributed by atoms with Crippen molar-refractivity contribution >= 4 is 17.7 Å². The van der Waals surface area contributed by atoms with Gasteiger partial charge in [-0.05, 0) is 59.7 Å². The summed E-state index contributed by atoms with van der Waals surface area (Å²) in [6.45, 7) is 4.08. The quantitative estimate of drug-likeness (QED) is 0.552. The zero-order chi connectivity index (χ0) is 21.0. The molecule has 0 aliphatic rings. The molecule has 29 heavy (non-hydrogen) atoms. The van der Waals surface area contributed by atoms with Crippen LogP contribution in [0.4, 0.5) is 4.39 Å². The molecule has 0 N–H and O–H groups in total. The fourth-order valence-electron chi connectivity index (χ4n) is 2.88. The zero-order valence-electron chi connectivity index (χ0n) is 16.7. The van der Waals surface area contributed by atoms with Crippen LogP contribution in [0.3, 0.4) is 0 Å². The smallest absolute Gasteiger partial charge is 0.235 e. The summed E-state index contributed by atoms with van der Waals surface area (Å²) in [5.41, 5.74) is 2.46. The van der Waals surface area contributed by atoms with Crippen molar-refractivity contribution in [2.45, 2.75) is 30.8 Å². The molecule has 0 fully saturated rings. The number of hydrogen-bond acceptors (Lipinski definition) is 6. The number of nitrogens with zero attached hydrogens (tertiary/aromatic N) is 5. The lowest BCUT2D eigenvalue weighted by Gasteiger charge is -2.21. The van der Waals surface area contributed by atoms with Gasteiger partial charge in [0, 0.05) is 13.6 Å². The summed E-state index contributed by atoms with van der Waals surface area (Å²) in [6.07, 6.45) is 0. The van der Waals surface area contributed by atoms with Crippen LogP contribution in [0.1, 0.15) is 18.1 Å². The number of tetrazole rings is 1. The van der Waals surface area contributed by atoms with Gasteiger partial charge in [-0.3, -0.25) is 4.79 Å². The topological polar surface area (TPSA) is 73.1 Å². The Morgan fingerprint density at radius 2 is 2.10 bits per heavy atom. The Balaban J connectivity index is 1.75. The van der Waals surface area contributed by atoms with Gasteiger partial charge in [0.1, 0.15) is 17.3 Å². The molecule has 0 aliphatic carbocycles. The number of methoxy groups -OCH3 is 1. The van der Waals surface area contributed by atoms with Crippen molar-refractivity contribution in [3.8, 4) is 11.4 Å². The van der Waals surface area contributed by atoms with Crippen molar-refractivity contribution in [1.29, 1.82) is 0 Å². The van der Waals surface area contributed by atoms with Crippen LogP contribution in [0.5, 0.6) is 5.75 Å². The predicted octanol–water partition coefficient (Wildman–Crippen LogP) is 3.26. The molecule has 1 aromatic heterocycles. The van der Waals surface area contributed by atoms with Crippen LogP contribution < -0.4 is 4.74 Å². The first kappa shape index (κ1) is 20.8. The molecule has 7 nitrogen and oxygen atoms in total. The summed E-state index contributed by atoms with van der Waals surface area (Å²) in [7, 11) is 3.27. The average Bonchev–Trinajstić information content (AvgIpc) is 3.15. The molecular formula is C20H22FN5O2S. The number of hydrogen-bond donors (Lipinski definition) is 0. The number of amides is 1. The molecule has 0 saturated heterocycles. The maximum Gasteiger partial charge on any atom is 0.235 e. The van der Waals surface area contributed by atoms with Crippen molar-refractivity contribution in [1.82, 2.24) is 25.1 Å². The molecular weight excluding hydrogens is 393 g/mol. The van der Waals surface area contributed by atoms with Gasteiger partial charge in [0.2, 0.25) is 11.1 Å². The van der Waals surface area contributed by atoms with E-state index in [9.17, 15) is 9.18 Å². The number of halogens is 1. The second-order valence-electron chi connectivity index (χ2n) is 6.63. The second kappa shape index (κ2) is 9.04. The predicted molar refractivity (Wildman–Crippen MR) is 109 cm³/mol. The monoisotopic (exact) mass is 415 g/mol. The van der Waals surface area contributed by atoms with Crippen LogP contribution in [-0.4, -0.2) is 50.4 Å². The molecule has 1 heterocycles. The first-order valence-electron chi connectivity index (χ1n) is 8.98. The third-order valence-electron chi connectivity index (χ3n) is 4.32. The third-order valence-corrected chi connectivity index (χ3v) is 5.34. The van der Waals surface area contributed by atoms with E-state index in [1.54, 1.807) is 42.8 Å². The Morgan fingerprint density at radius 1 is 1.31 bits per heavy atom. The number of benzene rings is 2. The van der Waals surface area contributed by atoms with Crippen molar-refractivity contribution < 1.29 is 13.9 Å². The highest BCUT2D eigenvalue weighted by Crippen LogP contribution is 2.29. The fourth-order valence-corrected chi connectivity index (χ4v) is 3.79. The summed E-state index contributed by atoms with van der Waals surface area (Å²) in [4.78, 5) is 14.4. The summed E-state index contributed by atoms with van der Waals surface area (Å²) in [5, 5.41) is 11.9. The van der Waals surface area contributed by atoms with Gasteiger partial charge in [0.25, 0.3) is 0 Å². The Kier molecular flexibility index (Phi) is 6.48. The molecule has 3 rings (SSSR count). The van der Waals surface area contributed by atoms with E-state index in [4.69, 9.17) is 4.74 Å². The van der Waals surface area contributed by atoms with Crippen molar-refractivity contribution in [2.75, 3.05) is 14.2 Å². The van der Waals surface area contributed by atoms with Gasteiger partial charge in [0.05, 0.1) is 12.4 Å². The van der Waals surface area contributed by atoms with Gasteiger partial charge < -0.3 is 9.64 Å². The third kappa shape index (κ3) is 4.92. The standard InChI is InChI=1S/C20H22FN5O2S/c1-13-8-9-18(28-4)17(10-13)26-20(22-23-24-26)29-14(2)19(27)25(3)12-15-6-5-7-16(21)11-15/h5-11,14H,12H2,1-4H3/t14-/m1/s1. The fraction of sp³-hybridized carbons (Fsp3) is 0.300. The van der Waals surface area contributed by atoms with Gasteiger partial charge in [-0.15, -0.1) is 5.10 Å². The van der Waals surface area contributed by atoms with Crippen LogP contribution in [0.2, 0.25) is 0 Å². The number of aryl methyl sites for hydroxylation is 1. The lowest BCUT2D eigenvalue weighted by atomic mass is 10.2. The molecule has 152 valence electrons. The van der Waals surface area contributed by atoms with E-state index in [1.165, 1.54) is 23.9 Å². The molecule has 0 aliphatic heterocycles. The number of carbonyl (C=O) groups is 1. The normalized spacial score (nSPS) is 11.9. The summed E-state index contributed by atoms with van der Waals surface area (Å²) < 4.78 is 20.4. The van der Waals surface area contributed by atoms with Gasteiger partial charge >= 0.3 is 0 Å². The number of thioether (sulfide) groups is 1. The molecule has 2 aromatic carbocycles. The minimum atomic E-state index is -0.436. The minimum absolute atomic E-state index is 0.106. The lowest BCUT2D eigenvalue weighted by molar-refractivity contribution is -0.129. The summed E-state index contributed by atoms with van der Waals surface area (Å²) in [6, 6.07) is 11.9. The van der Waals surface area contributed by atoms with Gasteiger partial charge in [-0.1, -0.05) is 30.0 Å². The molecule has 1 atom stereocenters. The van der Waals surface area contributed by atoms with E-state index < -0.39 is 5.25 Å². The van der Waals surface area contributed by atoms with Crippen molar-refractivity contribution in [2.24, 2.45) is 0 Å². The average molecular weight is 415 g/mol. The Morgan fingerprint density at radius 3 is 2.83 bits per heavy atom. The highest BCUT2D eigenvalue weighted by molar-refractivity contribution is 8.00. The molecule has 1 amide bonds. The molecule has 9 heteroatoms. The van der Waals surface area contributed by atoms with E-state index in [1.807, 2.05) is 25.1 Å². The van der Waals surface area contributed by atoms with Crippen LogP contribution in [-0.2, 0) is 11.3 Å². The maximum absolute atomic E-state index is 13.4. The number of ether oxygens (including phenoxy) is 1. The van der Waals surface area contributed by atoms with E-state index in [0.717, 1.165) is 11.1 Å². The van der Waals surface area contributed by atoms with E-state index in [2.05, 4.69) is 15.5 Å². The van der Waals surface area contributed by atoms with Crippen molar-refractivity contribution in [3.05, 3.63) is 59.4 Å². The number of carbonyl (C=O) groups excluding carboxylic acids is 1. The number of aromatic nitrogens is 4. The minimum Gasteiger partial charge on any atom is -0.494 e. The van der Waals surface area contributed by atoms with Crippen LogP contribution in [0.25, 0.3) is 5.69 Å². The summed E-state index contributed by atoms with van der Waals surface area (Å²) >= 11 is 1.25. The van der Waals surface area contributed by atoms with Crippen LogP contribution in [0, 0.1) is 12.7 Å². The molecule has 0 unspecified atom stereocenters. The first-order valence-corrected chi connectivity index (χ1v) is 9.86. The van der Waals surface area contributed by atoms with E-state index in [-0.39, 0.29) is 11.7 Å². The highest BCUT2D eigenvalue weighted by Gasteiger charge is 2.23. The van der Waals surface area contributed by atoms with Gasteiger partial charge in [-0.2, -0.15) is 4.68 Å². The zero-order valence-corrected chi connectivity index (χ0v) is 17.5. The molecule has 3 aromatic rings. The van der Waals surface area contributed by atoms with Crippen molar-refractivity contribution in [3.63, 3.8) is 0 Å². The number of rotatable bonds is 7. The van der Waals surface area contributed by atoms with Crippen LogP contribution >= 0.6 is 11.8 Å². The van der Waals surface area contributed by atoms with Crippen LogP contribution in [0.15, 0.2) is 47.6 Å². The lowest BCUT2D eigenvalue weighted by Crippen LogP contribution is -2.33. The molecule has 0 saturated carbocycles. The Hall–Kier alpha value is -2.94. The molecule has 0 spiro atoms. The molecule has 0 bridgehead atoms. The maximum atomic E-state index is 13.4. The van der Waals surface area contributed by atoms with E-state index >= 15 is 0 Å².